The molecule has 110 valence electrons. The summed E-state index contributed by atoms with van der Waals surface area (Å²) in [4.78, 5) is 24.9. The van der Waals surface area contributed by atoms with Crippen molar-refractivity contribution in [3.05, 3.63) is 70.8 Å². The highest BCUT2D eigenvalue weighted by molar-refractivity contribution is 7.98. The Bertz CT molecular complexity index is 757. The summed E-state index contributed by atoms with van der Waals surface area (Å²) < 4.78 is 1.26. The number of carbonyl (C=O) groups excluding carboxylic acids is 2. The van der Waals surface area contributed by atoms with Gasteiger partial charge in [-0.2, -0.15) is 0 Å². The molecular formula is C17H12ClNO2S. The smallest absolute Gasteiger partial charge is 0.268 e. The van der Waals surface area contributed by atoms with Gasteiger partial charge in [0.25, 0.3) is 11.8 Å². The molecule has 1 aliphatic carbocycles. The molecule has 0 radical (unpaired) electrons. The van der Waals surface area contributed by atoms with Gasteiger partial charge in [-0.1, -0.05) is 36.4 Å². The Kier molecular flexibility index (Phi) is 3.24. The number of alkyl halides is 1. The highest BCUT2D eigenvalue weighted by atomic mass is 35.5. The lowest BCUT2D eigenvalue weighted by Crippen LogP contribution is -2.24. The maximum absolute atomic E-state index is 12.5. The molecule has 0 spiro atoms. The zero-order valence-electron chi connectivity index (χ0n) is 11.5. The van der Waals surface area contributed by atoms with Gasteiger partial charge in [0.2, 0.25) is 0 Å². The minimum atomic E-state index is -0.251. The van der Waals surface area contributed by atoms with Crippen molar-refractivity contribution >= 4 is 35.4 Å². The summed E-state index contributed by atoms with van der Waals surface area (Å²) in [5.74, 6) is -0.502. The van der Waals surface area contributed by atoms with Crippen LogP contribution in [0.1, 0.15) is 37.1 Å². The molecule has 5 heteroatoms. The molecule has 0 aromatic heterocycles. The van der Waals surface area contributed by atoms with E-state index < -0.39 is 0 Å². The molecule has 2 unspecified atom stereocenters. The molecule has 1 heterocycles. The first kappa shape index (κ1) is 13.9. The summed E-state index contributed by atoms with van der Waals surface area (Å²) >= 11 is 7.70. The van der Waals surface area contributed by atoms with E-state index >= 15 is 0 Å². The normalized spacial score (nSPS) is 22.9. The molecule has 0 saturated heterocycles. The average Bonchev–Trinajstić information content (AvgIpc) is 2.98. The lowest BCUT2D eigenvalue weighted by atomic mass is 10.1. The number of hydrogen-bond acceptors (Lipinski definition) is 3. The zero-order chi connectivity index (χ0) is 15.3. The van der Waals surface area contributed by atoms with E-state index in [1.165, 1.54) is 21.8 Å². The number of halogens is 1. The first-order valence-electron chi connectivity index (χ1n) is 7.03. The molecule has 3 nitrogen and oxygen atoms in total. The average molecular weight is 330 g/mol. The first-order chi connectivity index (χ1) is 10.7. The third-order valence-electron chi connectivity index (χ3n) is 4.08. The molecule has 22 heavy (non-hydrogen) atoms. The molecular weight excluding hydrogens is 318 g/mol. The van der Waals surface area contributed by atoms with Gasteiger partial charge in [-0.05, 0) is 41.6 Å². The number of imide groups is 1. The van der Waals surface area contributed by atoms with Crippen LogP contribution in [0.3, 0.4) is 0 Å². The Morgan fingerprint density at radius 2 is 1.55 bits per heavy atom. The summed E-state index contributed by atoms with van der Waals surface area (Å²) in [5, 5.41) is -0.202. The van der Waals surface area contributed by atoms with Crippen LogP contribution in [0.25, 0.3) is 0 Å². The predicted octanol–water partition coefficient (Wildman–Crippen LogP) is 3.84. The molecule has 4 rings (SSSR count). The standard InChI is InChI=1S/C17H12ClNO2S/c18-14-9-10-5-1-2-6-11(10)15(14)22-19-16(20)12-7-3-4-8-13(12)17(19)21/h1-8,14-15H,9H2. The van der Waals surface area contributed by atoms with E-state index in [0.717, 1.165) is 12.0 Å². The van der Waals surface area contributed by atoms with Gasteiger partial charge in [-0.3, -0.25) is 9.59 Å². The SMILES string of the molecule is O=C1c2ccccc2C(=O)N1SC1c2ccccc2CC1Cl. The van der Waals surface area contributed by atoms with E-state index in [4.69, 9.17) is 11.6 Å². The van der Waals surface area contributed by atoms with Crippen molar-refractivity contribution < 1.29 is 9.59 Å². The Morgan fingerprint density at radius 1 is 0.955 bits per heavy atom. The van der Waals surface area contributed by atoms with Crippen LogP contribution in [0.5, 0.6) is 0 Å². The van der Waals surface area contributed by atoms with Crippen molar-refractivity contribution in [3.8, 4) is 0 Å². The zero-order valence-corrected chi connectivity index (χ0v) is 13.1. The van der Waals surface area contributed by atoms with Gasteiger partial charge >= 0.3 is 0 Å². The highest BCUT2D eigenvalue weighted by Crippen LogP contribution is 2.47. The van der Waals surface area contributed by atoms with Crippen LogP contribution in [-0.4, -0.2) is 21.5 Å². The van der Waals surface area contributed by atoms with Crippen LogP contribution in [0.15, 0.2) is 48.5 Å². The second kappa shape index (κ2) is 5.14. The van der Waals surface area contributed by atoms with Crippen LogP contribution in [0.4, 0.5) is 0 Å². The molecule has 2 amide bonds. The molecule has 2 atom stereocenters. The van der Waals surface area contributed by atoms with Crippen LogP contribution in [0.2, 0.25) is 0 Å². The Hall–Kier alpha value is -1.78. The van der Waals surface area contributed by atoms with Gasteiger partial charge < -0.3 is 0 Å². The van der Waals surface area contributed by atoms with Gasteiger partial charge in [-0.25, -0.2) is 4.31 Å². The van der Waals surface area contributed by atoms with E-state index in [2.05, 4.69) is 0 Å². The predicted molar refractivity (Wildman–Crippen MR) is 87.1 cm³/mol. The number of hydrogen-bond donors (Lipinski definition) is 0. The first-order valence-corrected chi connectivity index (χ1v) is 8.30. The quantitative estimate of drug-likeness (QED) is 0.477. The van der Waals surface area contributed by atoms with Gasteiger partial charge in [0, 0.05) is 0 Å². The summed E-state index contributed by atoms with van der Waals surface area (Å²) in [6, 6.07) is 14.9. The van der Waals surface area contributed by atoms with Gasteiger partial charge in [0.05, 0.1) is 21.8 Å². The largest absolute Gasteiger partial charge is 0.271 e. The number of rotatable bonds is 2. The fourth-order valence-corrected chi connectivity index (χ4v) is 4.64. The summed E-state index contributed by atoms with van der Waals surface area (Å²) in [6.07, 6.45) is 0.762. The summed E-state index contributed by atoms with van der Waals surface area (Å²) in [5.41, 5.74) is 3.25. The Morgan fingerprint density at radius 3 is 2.23 bits per heavy atom. The monoisotopic (exact) mass is 329 g/mol. The number of amides is 2. The number of carbonyl (C=O) groups is 2. The van der Waals surface area contributed by atoms with E-state index in [9.17, 15) is 9.59 Å². The van der Waals surface area contributed by atoms with E-state index in [1.807, 2.05) is 24.3 Å². The van der Waals surface area contributed by atoms with Crippen molar-refractivity contribution in [3.63, 3.8) is 0 Å². The van der Waals surface area contributed by atoms with Crippen LogP contribution < -0.4 is 0 Å². The van der Waals surface area contributed by atoms with Gasteiger partial charge in [-0.15, -0.1) is 11.6 Å². The highest BCUT2D eigenvalue weighted by Gasteiger charge is 2.41. The maximum atomic E-state index is 12.5. The molecule has 2 aromatic carbocycles. The van der Waals surface area contributed by atoms with Crippen molar-refractivity contribution in [2.45, 2.75) is 17.0 Å². The number of nitrogens with zero attached hydrogens (tertiary/aromatic N) is 1. The molecule has 2 aromatic rings. The third kappa shape index (κ3) is 1.98. The topological polar surface area (TPSA) is 37.4 Å². The van der Waals surface area contributed by atoms with Crippen LogP contribution >= 0.6 is 23.5 Å². The van der Waals surface area contributed by atoms with E-state index in [-0.39, 0.29) is 22.4 Å². The molecule has 0 fully saturated rings. The number of fused-ring (bicyclic) bond motifs is 2. The third-order valence-corrected chi connectivity index (χ3v) is 5.99. The van der Waals surface area contributed by atoms with Gasteiger partial charge in [0.1, 0.15) is 0 Å². The fourth-order valence-electron chi connectivity index (χ4n) is 3.01. The molecule has 0 bridgehead atoms. The summed E-state index contributed by atoms with van der Waals surface area (Å²) in [6.45, 7) is 0. The fraction of sp³-hybridized carbons (Fsp3) is 0.176. The maximum Gasteiger partial charge on any atom is 0.271 e. The molecule has 1 aliphatic heterocycles. The summed E-state index contributed by atoms with van der Waals surface area (Å²) in [7, 11) is 0. The van der Waals surface area contributed by atoms with E-state index in [0.29, 0.717) is 11.1 Å². The molecule has 0 N–H and O–H groups in total. The van der Waals surface area contributed by atoms with E-state index in [1.54, 1.807) is 24.3 Å². The second-order valence-electron chi connectivity index (χ2n) is 5.40. The second-order valence-corrected chi connectivity index (χ2v) is 7.04. The minimum Gasteiger partial charge on any atom is -0.268 e. The van der Waals surface area contributed by atoms with Crippen LogP contribution in [0, 0.1) is 0 Å². The van der Waals surface area contributed by atoms with Crippen molar-refractivity contribution in [2.24, 2.45) is 0 Å². The Balaban J connectivity index is 1.66. The van der Waals surface area contributed by atoms with Crippen molar-refractivity contribution in [2.75, 3.05) is 0 Å². The van der Waals surface area contributed by atoms with Crippen molar-refractivity contribution in [1.29, 1.82) is 0 Å². The van der Waals surface area contributed by atoms with Crippen molar-refractivity contribution in [1.82, 2.24) is 4.31 Å². The van der Waals surface area contributed by atoms with Crippen LogP contribution in [-0.2, 0) is 6.42 Å². The molecule has 0 saturated carbocycles. The number of benzene rings is 2. The van der Waals surface area contributed by atoms with Gasteiger partial charge in [0.15, 0.2) is 0 Å². The lowest BCUT2D eigenvalue weighted by molar-refractivity contribution is 0.0776. The lowest BCUT2D eigenvalue weighted by Gasteiger charge is -2.20. The minimum absolute atomic E-state index is 0.0833. The Labute approximate surface area is 137 Å². The molecule has 2 aliphatic rings.